The standard InChI is InChI=1S/C24H26N2O3/c1-28-20-10-8-19(9-11-20)25-15-18-7-12-23(22-5-3-2-4-21(18)22)29-24-13-6-17(16-27)14-26-24/h2-7,12-14,16,19-20,25H,8-11,15H2,1H3. The van der Waals surface area contributed by atoms with Gasteiger partial charge in [-0.25, -0.2) is 4.98 Å². The molecule has 150 valence electrons. The first-order chi connectivity index (χ1) is 14.3. The molecule has 4 rings (SSSR count). The molecule has 0 aliphatic heterocycles. The number of fused-ring (bicyclic) bond motifs is 1. The van der Waals surface area contributed by atoms with E-state index in [4.69, 9.17) is 9.47 Å². The monoisotopic (exact) mass is 390 g/mol. The molecular formula is C24H26N2O3. The minimum absolute atomic E-state index is 0.416. The van der Waals surface area contributed by atoms with Crippen molar-refractivity contribution in [2.45, 2.75) is 44.4 Å². The topological polar surface area (TPSA) is 60.5 Å². The van der Waals surface area contributed by atoms with Crippen molar-refractivity contribution in [1.82, 2.24) is 10.3 Å². The molecule has 0 unspecified atom stereocenters. The maximum absolute atomic E-state index is 10.8. The lowest BCUT2D eigenvalue weighted by atomic mass is 9.92. The quantitative estimate of drug-likeness (QED) is 0.582. The largest absolute Gasteiger partial charge is 0.438 e. The van der Waals surface area contributed by atoms with Crippen LogP contribution >= 0.6 is 0 Å². The average molecular weight is 390 g/mol. The highest BCUT2D eigenvalue weighted by Crippen LogP contribution is 2.32. The Morgan fingerprint density at radius 1 is 1.03 bits per heavy atom. The molecule has 2 aromatic carbocycles. The highest BCUT2D eigenvalue weighted by atomic mass is 16.5. The van der Waals surface area contributed by atoms with Crippen LogP contribution in [0.15, 0.2) is 54.7 Å². The molecule has 1 heterocycles. The SMILES string of the molecule is COC1CCC(NCc2ccc(Oc3ccc(C=O)cn3)c3ccccc23)CC1. The van der Waals surface area contributed by atoms with Gasteiger partial charge in [-0.3, -0.25) is 4.79 Å². The van der Waals surface area contributed by atoms with Crippen molar-refractivity contribution in [2.75, 3.05) is 7.11 Å². The van der Waals surface area contributed by atoms with E-state index in [1.807, 2.05) is 12.1 Å². The van der Waals surface area contributed by atoms with Gasteiger partial charge >= 0.3 is 0 Å². The number of hydrogen-bond acceptors (Lipinski definition) is 5. The Kier molecular flexibility index (Phi) is 6.17. The summed E-state index contributed by atoms with van der Waals surface area (Å²) in [5.41, 5.74) is 1.79. The number of methoxy groups -OCH3 is 1. The summed E-state index contributed by atoms with van der Waals surface area (Å²) in [5, 5.41) is 5.94. The van der Waals surface area contributed by atoms with Crippen molar-refractivity contribution in [1.29, 1.82) is 0 Å². The van der Waals surface area contributed by atoms with Crippen molar-refractivity contribution in [3.05, 3.63) is 65.9 Å². The van der Waals surface area contributed by atoms with Gasteiger partial charge in [-0.15, -0.1) is 0 Å². The van der Waals surface area contributed by atoms with Crippen LogP contribution in [-0.2, 0) is 11.3 Å². The Morgan fingerprint density at radius 3 is 2.52 bits per heavy atom. The first-order valence-corrected chi connectivity index (χ1v) is 10.1. The highest BCUT2D eigenvalue weighted by Gasteiger charge is 2.20. The van der Waals surface area contributed by atoms with Crippen LogP contribution in [0, 0.1) is 0 Å². The maximum Gasteiger partial charge on any atom is 0.219 e. The lowest BCUT2D eigenvalue weighted by molar-refractivity contribution is 0.0624. The Balaban J connectivity index is 1.50. The summed E-state index contributed by atoms with van der Waals surface area (Å²) in [5.74, 6) is 1.23. The first kappa shape index (κ1) is 19.6. The van der Waals surface area contributed by atoms with Crippen molar-refractivity contribution in [3.63, 3.8) is 0 Å². The normalized spacial score (nSPS) is 19.2. The van der Waals surface area contributed by atoms with Gasteiger partial charge in [-0.2, -0.15) is 0 Å². The van der Waals surface area contributed by atoms with E-state index in [2.05, 4.69) is 34.6 Å². The fourth-order valence-corrected chi connectivity index (χ4v) is 3.97. The molecule has 1 aliphatic rings. The van der Waals surface area contributed by atoms with E-state index >= 15 is 0 Å². The molecule has 0 spiro atoms. The molecule has 0 radical (unpaired) electrons. The molecule has 3 aromatic rings. The fourth-order valence-electron chi connectivity index (χ4n) is 3.97. The summed E-state index contributed by atoms with van der Waals surface area (Å²) >= 11 is 0. The van der Waals surface area contributed by atoms with Gasteiger partial charge in [0.25, 0.3) is 0 Å². The van der Waals surface area contributed by atoms with Gasteiger partial charge in [-0.05, 0) is 48.8 Å². The molecule has 1 fully saturated rings. The summed E-state index contributed by atoms with van der Waals surface area (Å²) in [6.07, 6.45) is 7.26. The van der Waals surface area contributed by atoms with Crippen LogP contribution in [0.5, 0.6) is 11.6 Å². The van der Waals surface area contributed by atoms with E-state index in [9.17, 15) is 4.79 Å². The molecule has 1 aliphatic carbocycles. The fraction of sp³-hybridized carbons (Fsp3) is 0.333. The number of ether oxygens (including phenoxy) is 2. The smallest absolute Gasteiger partial charge is 0.219 e. The zero-order valence-electron chi connectivity index (χ0n) is 16.6. The zero-order chi connectivity index (χ0) is 20.1. The van der Waals surface area contributed by atoms with Gasteiger partial charge in [0.2, 0.25) is 5.88 Å². The number of nitrogens with one attached hydrogen (secondary N) is 1. The summed E-state index contributed by atoms with van der Waals surface area (Å²) in [6.45, 7) is 0.829. The summed E-state index contributed by atoms with van der Waals surface area (Å²) in [4.78, 5) is 15.0. The van der Waals surface area contributed by atoms with Crippen molar-refractivity contribution in [3.8, 4) is 11.6 Å². The van der Waals surface area contributed by atoms with E-state index < -0.39 is 0 Å². The molecule has 5 heteroatoms. The molecule has 29 heavy (non-hydrogen) atoms. The summed E-state index contributed by atoms with van der Waals surface area (Å²) < 4.78 is 11.5. The number of benzene rings is 2. The molecule has 0 saturated heterocycles. The minimum atomic E-state index is 0.416. The predicted molar refractivity (Wildman–Crippen MR) is 114 cm³/mol. The third-order valence-corrected chi connectivity index (χ3v) is 5.67. The molecule has 1 aromatic heterocycles. The second-order valence-corrected chi connectivity index (χ2v) is 7.51. The Morgan fingerprint density at radius 2 is 1.83 bits per heavy atom. The van der Waals surface area contributed by atoms with Gasteiger partial charge in [0, 0.05) is 42.9 Å². The molecule has 1 saturated carbocycles. The number of nitrogens with zero attached hydrogens (tertiary/aromatic N) is 1. The number of aromatic nitrogens is 1. The van der Waals surface area contributed by atoms with Gasteiger partial charge in [0.05, 0.1) is 6.10 Å². The number of hydrogen-bond donors (Lipinski definition) is 1. The van der Waals surface area contributed by atoms with Crippen molar-refractivity contribution < 1.29 is 14.3 Å². The summed E-state index contributed by atoms with van der Waals surface area (Å²) in [6, 6.07) is 16.3. The molecule has 0 amide bonds. The van der Waals surface area contributed by atoms with Crippen LogP contribution in [-0.4, -0.2) is 30.5 Å². The van der Waals surface area contributed by atoms with Crippen molar-refractivity contribution >= 4 is 17.1 Å². The summed E-state index contributed by atoms with van der Waals surface area (Å²) in [7, 11) is 1.81. The molecule has 0 bridgehead atoms. The van der Waals surface area contributed by atoms with Crippen LogP contribution in [0.2, 0.25) is 0 Å². The number of rotatable bonds is 7. The van der Waals surface area contributed by atoms with E-state index in [1.54, 1.807) is 19.2 Å². The van der Waals surface area contributed by atoms with Crippen LogP contribution < -0.4 is 10.1 Å². The highest BCUT2D eigenvalue weighted by molar-refractivity contribution is 5.91. The van der Waals surface area contributed by atoms with Crippen LogP contribution in [0.25, 0.3) is 10.8 Å². The van der Waals surface area contributed by atoms with E-state index in [-0.39, 0.29) is 0 Å². The Bertz CT molecular complexity index is 964. The molecule has 0 atom stereocenters. The zero-order valence-corrected chi connectivity index (χ0v) is 16.6. The van der Waals surface area contributed by atoms with Gasteiger partial charge in [0.1, 0.15) is 5.75 Å². The lowest BCUT2D eigenvalue weighted by Gasteiger charge is -2.28. The van der Waals surface area contributed by atoms with E-state index in [0.29, 0.717) is 23.6 Å². The average Bonchev–Trinajstić information content (AvgIpc) is 2.79. The third-order valence-electron chi connectivity index (χ3n) is 5.67. The van der Waals surface area contributed by atoms with Crippen molar-refractivity contribution in [2.24, 2.45) is 0 Å². The van der Waals surface area contributed by atoms with Gasteiger partial charge in [0.15, 0.2) is 6.29 Å². The second-order valence-electron chi connectivity index (χ2n) is 7.51. The van der Waals surface area contributed by atoms with Crippen LogP contribution in [0.4, 0.5) is 0 Å². The second kappa shape index (κ2) is 9.16. The molecule has 5 nitrogen and oxygen atoms in total. The minimum Gasteiger partial charge on any atom is -0.438 e. The van der Waals surface area contributed by atoms with E-state index in [1.165, 1.54) is 17.1 Å². The number of carbonyl (C=O) groups excluding carboxylic acids is 1. The molecular weight excluding hydrogens is 364 g/mol. The van der Waals surface area contributed by atoms with Gasteiger partial charge < -0.3 is 14.8 Å². The Hall–Kier alpha value is -2.76. The maximum atomic E-state index is 10.8. The molecule has 1 N–H and O–H groups in total. The van der Waals surface area contributed by atoms with Crippen LogP contribution in [0.3, 0.4) is 0 Å². The third kappa shape index (κ3) is 4.63. The number of pyridine rings is 1. The lowest BCUT2D eigenvalue weighted by Crippen LogP contribution is -2.34. The van der Waals surface area contributed by atoms with E-state index in [0.717, 1.165) is 49.6 Å². The van der Waals surface area contributed by atoms with Crippen LogP contribution in [0.1, 0.15) is 41.6 Å². The predicted octanol–water partition coefficient (Wildman–Crippen LogP) is 4.89. The number of aldehydes is 1. The van der Waals surface area contributed by atoms with Gasteiger partial charge in [-0.1, -0.05) is 30.3 Å². The first-order valence-electron chi connectivity index (χ1n) is 10.1. The number of carbonyl (C=O) groups is 1. The Labute approximate surface area is 171 Å².